The highest BCUT2D eigenvalue weighted by molar-refractivity contribution is 5.14. The quantitative estimate of drug-likeness (QED) is 0.845. The van der Waals surface area contributed by atoms with Gasteiger partial charge >= 0.3 is 0 Å². The molecule has 1 N–H and O–H groups in total. The molecule has 106 valence electrons. The Bertz CT molecular complexity index is 342. The van der Waals surface area contributed by atoms with Gasteiger partial charge in [-0.1, -0.05) is 37.3 Å². The lowest BCUT2D eigenvalue weighted by Crippen LogP contribution is -2.41. The molecular weight excluding hydrogens is 232 g/mol. The van der Waals surface area contributed by atoms with Gasteiger partial charge in [0.1, 0.15) is 0 Å². The Labute approximate surface area is 118 Å². The maximum absolute atomic E-state index is 3.58. The highest BCUT2D eigenvalue weighted by Crippen LogP contribution is 2.22. The highest BCUT2D eigenvalue weighted by atomic mass is 15.1. The van der Waals surface area contributed by atoms with E-state index in [1.807, 2.05) is 0 Å². The molecule has 0 saturated heterocycles. The van der Waals surface area contributed by atoms with Crippen molar-refractivity contribution in [2.75, 3.05) is 20.1 Å². The van der Waals surface area contributed by atoms with E-state index < -0.39 is 0 Å². The number of nitrogens with zero attached hydrogens (tertiary/aromatic N) is 1. The fraction of sp³-hybridized carbons (Fsp3) is 0.647. The van der Waals surface area contributed by atoms with Gasteiger partial charge in [0.05, 0.1) is 0 Å². The van der Waals surface area contributed by atoms with Crippen LogP contribution in [0.4, 0.5) is 0 Å². The van der Waals surface area contributed by atoms with Crippen molar-refractivity contribution in [2.45, 2.75) is 51.1 Å². The summed E-state index contributed by atoms with van der Waals surface area (Å²) in [6.45, 7) is 4.50. The standard InChI is InChI=1S/C17H28N2/c1-3-18-16-9-11-17(12-10-16)19(2)14-13-15-7-5-4-6-8-15/h4-8,16-18H,3,9-14H2,1-2H3. The Morgan fingerprint density at radius 3 is 2.42 bits per heavy atom. The molecule has 0 aliphatic heterocycles. The Morgan fingerprint density at radius 1 is 1.11 bits per heavy atom. The zero-order chi connectivity index (χ0) is 13.5. The molecule has 2 rings (SSSR count). The smallest absolute Gasteiger partial charge is 0.00934 e. The van der Waals surface area contributed by atoms with Crippen LogP contribution in [0.2, 0.25) is 0 Å². The lowest BCUT2D eigenvalue weighted by Gasteiger charge is -2.35. The Morgan fingerprint density at radius 2 is 1.79 bits per heavy atom. The fourth-order valence-corrected chi connectivity index (χ4v) is 3.14. The summed E-state index contributed by atoms with van der Waals surface area (Å²) < 4.78 is 0. The van der Waals surface area contributed by atoms with Crippen molar-refractivity contribution >= 4 is 0 Å². The van der Waals surface area contributed by atoms with Gasteiger partial charge in [0.2, 0.25) is 0 Å². The van der Waals surface area contributed by atoms with Crippen molar-refractivity contribution in [3.63, 3.8) is 0 Å². The molecule has 1 aromatic carbocycles. The summed E-state index contributed by atoms with van der Waals surface area (Å²) in [5.41, 5.74) is 1.45. The van der Waals surface area contributed by atoms with Gasteiger partial charge in [-0.15, -0.1) is 0 Å². The van der Waals surface area contributed by atoms with Crippen molar-refractivity contribution in [3.05, 3.63) is 35.9 Å². The van der Waals surface area contributed by atoms with Crippen LogP contribution in [0.25, 0.3) is 0 Å². The lowest BCUT2D eigenvalue weighted by atomic mass is 9.90. The van der Waals surface area contributed by atoms with Crippen LogP contribution < -0.4 is 5.32 Å². The minimum Gasteiger partial charge on any atom is -0.314 e. The number of likely N-dealkylation sites (N-methyl/N-ethyl adjacent to an activating group) is 1. The van der Waals surface area contributed by atoms with Crippen LogP contribution in [0.1, 0.15) is 38.2 Å². The second-order valence-electron chi connectivity index (χ2n) is 5.78. The van der Waals surface area contributed by atoms with E-state index in [2.05, 4.69) is 54.5 Å². The van der Waals surface area contributed by atoms with Gasteiger partial charge in [-0.2, -0.15) is 0 Å². The first-order valence-corrected chi connectivity index (χ1v) is 7.77. The molecule has 1 saturated carbocycles. The second kappa shape index (κ2) is 7.66. The van der Waals surface area contributed by atoms with Crippen LogP contribution in [-0.2, 0) is 6.42 Å². The maximum atomic E-state index is 3.58. The van der Waals surface area contributed by atoms with Crippen molar-refractivity contribution in [1.29, 1.82) is 0 Å². The summed E-state index contributed by atoms with van der Waals surface area (Å²) >= 11 is 0. The first kappa shape index (κ1) is 14.5. The first-order chi connectivity index (χ1) is 9.29. The third kappa shape index (κ3) is 4.63. The molecule has 0 heterocycles. The number of hydrogen-bond acceptors (Lipinski definition) is 2. The van der Waals surface area contributed by atoms with E-state index in [9.17, 15) is 0 Å². The maximum Gasteiger partial charge on any atom is 0.00934 e. The molecule has 0 atom stereocenters. The topological polar surface area (TPSA) is 15.3 Å². The summed E-state index contributed by atoms with van der Waals surface area (Å²) in [4.78, 5) is 2.56. The van der Waals surface area contributed by atoms with Gasteiger partial charge in [-0.05, 0) is 51.3 Å². The molecule has 2 nitrogen and oxygen atoms in total. The monoisotopic (exact) mass is 260 g/mol. The molecule has 0 aromatic heterocycles. The Hall–Kier alpha value is -0.860. The molecule has 2 heteroatoms. The molecule has 0 amide bonds. The summed E-state index contributed by atoms with van der Waals surface area (Å²) in [5.74, 6) is 0. The number of rotatable bonds is 6. The van der Waals surface area contributed by atoms with Crippen LogP contribution in [0.5, 0.6) is 0 Å². The molecular formula is C17H28N2. The Balaban J connectivity index is 1.71. The zero-order valence-corrected chi connectivity index (χ0v) is 12.4. The van der Waals surface area contributed by atoms with Crippen LogP contribution in [0.3, 0.4) is 0 Å². The first-order valence-electron chi connectivity index (χ1n) is 7.77. The van der Waals surface area contributed by atoms with Crippen molar-refractivity contribution in [3.8, 4) is 0 Å². The molecule has 19 heavy (non-hydrogen) atoms. The van der Waals surface area contributed by atoms with E-state index in [-0.39, 0.29) is 0 Å². The molecule has 1 aliphatic rings. The van der Waals surface area contributed by atoms with Gasteiger partial charge in [-0.3, -0.25) is 0 Å². The van der Waals surface area contributed by atoms with Crippen LogP contribution in [-0.4, -0.2) is 37.1 Å². The minimum atomic E-state index is 0.767. The molecule has 1 aromatic rings. The highest BCUT2D eigenvalue weighted by Gasteiger charge is 2.22. The summed E-state index contributed by atoms with van der Waals surface area (Å²) in [6.07, 6.45) is 6.55. The number of hydrogen-bond donors (Lipinski definition) is 1. The van der Waals surface area contributed by atoms with Gasteiger partial charge in [0, 0.05) is 18.6 Å². The largest absolute Gasteiger partial charge is 0.314 e. The normalized spacial score (nSPS) is 23.7. The Kier molecular flexibility index (Phi) is 5.87. The number of benzene rings is 1. The van der Waals surface area contributed by atoms with E-state index in [0.717, 1.165) is 18.6 Å². The average Bonchev–Trinajstić information content (AvgIpc) is 2.47. The van der Waals surface area contributed by atoms with Gasteiger partial charge in [-0.25, -0.2) is 0 Å². The van der Waals surface area contributed by atoms with E-state index in [4.69, 9.17) is 0 Å². The summed E-state index contributed by atoms with van der Waals surface area (Å²) in [6, 6.07) is 12.4. The fourth-order valence-electron chi connectivity index (χ4n) is 3.14. The predicted molar refractivity (Wildman–Crippen MR) is 82.5 cm³/mol. The number of nitrogens with one attached hydrogen (secondary N) is 1. The summed E-state index contributed by atoms with van der Waals surface area (Å²) in [7, 11) is 2.29. The lowest BCUT2D eigenvalue weighted by molar-refractivity contribution is 0.176. The molecule has 0 unspecified atom stereocenters. The molecule has 0 bridgehead atoms. The van der Waals surface area contributed by atoms with E-state index in [1.165, 1.54) is 44.2 Å². The molecule has 1 aliphatic carbocycles. The van der Waals surface area contributed by atoms with Crippen LogP contribution >= 0.6 is 0 Å². The molecule has 1 fully saturated rings. The zero-order valence-electron chi connectivity index (χ0n) is 12.4. The van der Waals surface area contributed by atoms with E-state index >= 15 is 0 Å². The van der Waals surface area contributed by atoms with E-state index in [1.54, 1.807) is 0 Å². The van der Waals surface area contributed by atoms with Crippen molar-refractivity contribution in [2.24, 2.45) is 0 Å². The predicted octanol–water partition coefficient (Wildman–Crippen LogP) is 3.08. The molecule has 0 radical (unpaired) electrons. The van der Waals surface area contributed by atoms with Gasteiger partial charge < -0.3 is 10.2 Å². The van der Waals surface area contributed by atoms with Crippen LogP contribution in [0, 0.1) is 0 Å². The van der Waals surface area contributed by atoms with Crippen LogP contribution in [0.15, 0.2) is 30.3 Å². The van der Waals surface area contributed by atoms with E-state index in [0.29, 0.717) is 0 Å². The van der Waals surface area contributed by atoms with Gasteiger partial charge in [0.15, 0.2) is 0 Å². The second-order valence-corrected chi connectivity index (χ2v) is 5.78. The summed E-state index contributed by atoms with van der Waals surface area (Å²) in [5, 5.41) is 3.58. The third-order valence-corrected chi connectivity index (χ3v) is 4.41. The van der Waals surface area contributed by atoms with Gasteiger partial charge in [0.25, 0.3) is 0 Å². The third-order valence-electron chi connectivity index (χ3n) is 4.41. The SMILES string of the molecule is CCNC1CCC(N(C)CCc2ccccc2)CC1. The minimum absolute atomic E-state index is 0.767. The van der Waals surface area contributed by atoms with Crippen molar-refractivity contribution in [1.82, 2.24) is 10.2 Å². The average molecular weight is 260 g/mol. The van der Waals surface area contributed by atoms with Crippen molar-refractivity contribution < 1.29 is 0 Å². The molecule has 0 spiro atoms.